The number of nitrogens with zero attached hydrogens (tertiary/aromatic N) is 4. The van der Waals surface area contributed by atoms with Crippen LogP contribution in [0.5, 0.6) is 0 Å². The third kappa shape index (κ3) is 4.01. The fraction of sp³-hybridized carbons (Fsp3) is 0.478. The molecule has 2 aromatic heterocycles. The van der Waals surface area contributed by atoms with Crippen LogP contribution in [-0.2, 0) is 31.2 Å². The number of aromatic nitrogens is 4. The first kappa shape index (κ1) is 20.3. The number of carbonyl (C=O) groups is 1. The smallest absolute Gasteiger partial charge is 0.267 e. The van der Waals surface area contributed by atoms with Gasteiger partial charge < -0.3 is 9.88 Å². The van der Waals surface area contributed by atoms with Crippen molar-refractivity contribution in [2.45, 2.75) is 58.5 Å². The maximum absolute atomic E-state index is 12.9. The molecular weight excluding hydrogens is 378 g/mol. The molecule has 30 heavy (non-hydrogen) atoms. The maximum atomic E-state index is 12.9. The summed E-state index contributed by atoms with van der Waals surface area (Å²) in [5.74, 6) is 0.715. The highest BCUT2D eigenvalue weighted by Gasteiger charge is 2.24. The Kier molecular flexibility index (Phi) is 5.70. The SMILES string of the molecule is CC(C)[C@@H](NC(=O)Cn1nc2c(cc1=O)CCCCC2)c1nc2ccccc2n1C. The number of rotatable bonds is 5. The number of carbonyl (C=O) groups excluding carboxylic acids is 1. The van der Waals surface area contributed by atoms with Gasteiger partial charge in [0.25, 0.3) is 5.56 Å². The largest absolute Gasteiger partial charge is 0.344 e. The van der Waals surface area contributed by atoms with Crippen LogP contribution >= 0.6 is 0 Å². The van der Waals surface area contributed by atoms with E-state index in [-0.39, 0.29) is 30.0 Å². The standard InChI is InChI=1S/C23H29N5O2/c1-15(2)22(23-24-18-11-7-8-12-19(18)27(23)3)25-20(29)14-28-21(30)13-16-9-5-4-6-10-17(16)26-28/h7-8,11-13,15,22H,4-6,9-10,14H2,1-3H3,(H,25,29)/t22-/m1/s1. The van der Waals surface area contributed by atoms with Crippen molar-refractivity contribution in [2.24, 2.45) is 13.0 Å². The van der Waals surface area contributed by atoms with Crippen molar-refractivity contribution in [3.8, 4) is 0 Å². The molecule has 1 aromatic carbocycles. The van der Waals surface area contributed by atoms with Crippen LogP contribution in [0.3, 0.4) is 0 Å². The molecule has 1 aliphatic rings. The predicted molar refractivity (Wildman–Crippen MR) is 116 cm³/mol. The van der Waals surface area contributed by atoms with Crippen molar-refractivity contribution < 1.29 is 4.79 Å². The van der Waals surface area contributed by atoms with Crippen molar-refractivity contribution in [1.29, 1.82) is 0 Å². The first-order valence-electron chi connectivity index (χ1n) is 10.7. The van der Waals surface area contributed by atoms with Gasteiger partial charge >= 0.3 is 0 Å². The van der Waals surface area contributed by atoms with Gasteiger partial charge in [-0.25, -0.2) is 9.67 Å². The number of nitrogens with one attached hydrogen (secondary N) is 1. The van der Waals surface area contributed by atoms with Gasteiger partial charge in [-0.3, -0.25) is 9.59 Å². The normalized spacial score (nSPS) is 15.1. The van der Waals surface area contributed by atoms with E-state index in [4.69, 9.17) is 4.98 Å². The second kappa shape index (κ2) is 8.42. The Labute approximate surface area is 176 Å². The number of fused-ring (bicyclic) bond motifs is 2. The molecule has 0 spiro atoms. The highest BCUT2D eigenvalue weighted by molar-refractivity contribution is 5.78. The van der Waals surface area contributed by atoms with E-state index in [2.05, 4.69) is 24.3 Å². The summed E-state index contributed by atoms with van der Waals surface area (Å²) in [6.07, 6.45) is 5.08. The molecule has 0 saturated carbocycles. The van der Waals surface area contributed by atoms with Gasteiger partial charge in [-0.15, -0.1) is 0 Å². The summed E-state index contributed by atoms with van der Waals surface area (Å²) in [5, 5.41) is 7.59. The van der Waals surface area contributed by atoms with Crippen molar-refractivity contribution in [1.82, 2.24) is 24.6 Å². The summed E-state index contributed by atoms with van der Waals surface area (Å²) in [6, 6.07) is 9.32. The molecule has 0 aliphatic heterocycles. The van der Waals surface area contributed by atoms with E-state index in [0.717, 1.165) is 60.2 Å². The van der Waals surface area contributed by atoms with Crippen LogP contribution in [0.1, 0.15) is 56.2 Å². The lowest BCUT2D eigenvalue weighted by molar-refractivity contribution is -0.123. The summed E-state index contributed by atoms with van der Waals surface area (Å²) in [5.41, 5.74) is 3.70. The predicted octanol–water partition coefficient (Wildman–Crippen LogP) is 2.91. The van der Waals surface area contributed by atoms with Crippen molar-refractivity contribution in [2.75, 3.05) is 0 Å². The van der Waals surface area contributed by atoms with Crippen molar-refractivity contribution >= 4 is 16.9 Å². The summed E-state index contributed by atoms with van der Waals surface area (Å²) < 4.78 is 3.32. The Morgan fingerprint density at radius 2 is 1.93 bits per heavy atom. The van der Waals surface area contributed by atoms with E-state index in [0.29, 0.717) is 0 Å². The molecule has 0 unspecified atom stereocenters. The van der Waals surface area contributed by atoms with Gasteiger partial charge in [0.2, 0.25) is 5.91 Å². The Balaban J connectivity index is 1.56. The zero-order valence-electron chi connectivity index (χ0n) is 17.9. The topological polar surface area (TPSA) is 81.8 Å². The fourth-order valence-electron chi connectivity index (χ4n) is 4.22. The molecule has 1 atom stereocenters. The van der Waals surface area contributed by atoms with Crippen LogP contribution in [0.15, 0.2) is 35.1 Å². The molecule has 0 bridgehead atoms. The molecule has 0 radical (unpaired) electrons. The summed E-state index contributed by atoms with van der Waals surface area (Å²) in [7, 11) is 1.96. The lowest BCUT2D eigenvalue weighted by atomic mass is 10.0. The lowest BCUT2D eigenvalue weighted by Gasteiger charge is -2.22. The number of benzene rings is 1. The first-order valence-corrected chi connectivity index (χ1v) is 10.7. The van der Waals surface area contributed by atoms with Crippen LogP contribution < -0.4 is 10.9 Å². The Hall–Kier alpha value is -2.96. The highest BCUT2D eigenvalue weighted by Crippen LogP contribution is 2.24. The number of aryl methyl sites for hydroxylation is 3. The number of imidazole rings is 1. The minimum absolute atomic E-state index is 0.0841. The quantitative estimate of drug-likeness (QED) is 0.660. The fourth-order valence-corrected chi connectivity index (χ4v) is 4.22. The van der Waals surface area contributed by atoms with Crippen LogP contribution in [0.2, 0.25) is 0 Å². The lowest BCUT2D eigenvalue weighted by Crippen LogP contribution is -2.38. The van der Waals surface area contributed by atoms with Gasteiger partial charge in [0.05, 0.1) is 22.8 Å². The van der Waals surface area contributed by atoms with Gasteiger partial charge in [-0.1, -0.05) is 32.4 Å². The molecule has 3 aromatic rings. The molecule has 0 saturated heterocycles. The maximum Gasteiger partial charge on any atom is 0.267 e. The molecule has 7 heteroatoms. The first-order chi connectivity index (χ1) is 14.4. The van der Waals surface area contributed by atoms with Gasteiger partial charge in [-0.05, 0) is 49.3 Å². The Morgan fingerprint density at radius 3 is 2.70 bits per heavy atom. The summed E-state index contributed by atoms with van der Waals surface area (Å²) in [6.45, 7) is 4.02. The molecule has 7 nitrogen and oxygen atoms in total. The highest BCUT2D eigenvalue weighted by atomic mass is 16.2. The zero-order valence-corrected chi connectivity index (χ0v) is 17.9. The molecule has 158 valence electrons. The van der Waals surface area contributed by atoms with Crippen molar-refractivity contribution in [3.05, 3.63) is 57.8 Å². The van der Waals surface area contributed by atoms with Gasteiger partial charge in [0.1, 0.15) is 12.4 Å². The van der Waals surface area contributed by atoms with E-state index in [1.54, 1.807) is 6.07 Å². The number of hydrogen-bond donors (Lipinski definition) is 1. The third-order valence-corrected chi connectivity index (χ3v) is 5.90. The molecule has 2 heterocycles. The minimum atomic E-state index is -0.258. The number of hydrogen-bond acceptors (Lipinski definition) is 4. The molecule has 1 N–H and O–H groups in total. The van der Waals surface area contributed by atoms with Gasteiger partial charge in [0, 0.05) is 13.1 Å². The molecule has 1 aliphatic carbocycles. The zero-order chi connectivity index (χ0) is 21.3. The van der Waals surface area contributed by atoms with Crippen LogP contribution in [0.4, 0.5) is 0 Å². The van der Waals surface area contributed by atoms with Crippen LogP contribution in [-0.4, -0.2) is 25.2 Å². The Bertz CT molecular complexity index is 1130. The van der Waals surface area contributed by atoms with E-state index in [1.165, 1.54) is 4.68 Å². The van der Waals surface area contributed by atoms with Crippen molar-refractivity contribution in [3.63, 3.8) is 0 Å². The average molecular weight is 408 g/mol. The molecule has 0 fully saturated rings. The minimum Gasteiger partial charge on any atom is -0.344 e. The average Bonchev–Trinajstić information content (AvgIpc) is 2.88. The van der Waals surface area contributed by atoms with E-state index in [1.807, 2.05) is 35.9 Å². The second-order valence-electron chi connectivity index (χ2n) is 8.48. The molecule has 4 rings (SSSR count). The number of para-hydroxylation sites is 2. The van der Waals surface area contributed by atoms with E-state index >= 15 is 0 Å². The summed E-state index contributed by atoms with van der Waals surface area (Å²) in [4.78, 5) is 30.1. The van der Waals surface area contributed by atoms with Gasteiger partial charge in [-0.2, -0.15) is 5.10 Å². The second-order valence-corrected chi connectivity index (χ2v) is 8.48. The third-order valence-electron chi connectivity index (χ3n) is 5.90. The van der Waals surface area contributed by atoms with Crippen LogP contribution in [0.25, 0.3) is 11.0 Å². The summed E-state index contributed by atoms with van der Waals surface area (Å²) >= 11 is 0. The monoisotopic (exact) mass is 407 g/mol. The molecule has 1 amide bonds. The van der Waals surface area contributed by atoms with E-state index < -0.39 is 0 Å². The van der Waals surface area contributed by atoms with Gasteiger partial charge in [0.15, 0.2) is 0 Å². The Morgan fingerprint density at radius 1 is 1.17 bits per heavy atom. The van der Waals surface area contributed by atoms with E-state index in [9.17, 15) is 9.59 Å². The molecular formula is C23H29N5O2. The number of amides is 1. The van der Waals surface area contributed by atoms with Crippen LogP contribution in [0, 0.1) is 5.92 Å².